The van der Waals surface area contributed by atoms with E-state index in [2.05, 4.69) is 49.1 Å². The van der Waals surface area contributed by atoms with Gasteiger partial charge in [0.2, 0.25) is 10.0 Å². The van der Waals surface area contributed by atoms with Crippen molar-refractivity contribution in [3.8, 4) is 0 Å². The first kappa shape index (κ1) is 20.0. The Bertz CT molecular complexity index is 907. The van der Waals surface area contributed by atoms with Crippen molar-refractivity contribution in [3.05, 3.63) is 60.2 Å². The molecule has 0 spiro atoms. The average molecular weight is 402 g/mol. The van der Waals surface area contributed by atoms with Gasteiger partial charge in [-0.3, -0.25) is 9.71 Å². The molecule has 1 aliphatic rings. The molecular formula is C20H27N5O2S. The number of anilines is 2. The Morgan fingerprint density at radius 1 is 1.00 bits per heavy atom. The van der Waals surface area contributed by atoms with Gasteiger partial charge < -0.3 is 15.1 Å². The zero-order valence-corrected chi connectivity index (χ0v) is 17.1. The van der Waals surface area contributed by atoms with E-state index in [1.54, 1.807) is 13.1 Å². The molecule has 0 bridgehead atoms. The molecule has 0 aliphatic carbocycles. The maximum absolute atomic E-state index is 11.6. The highest BCUT2D eigenvalue weighted by atomic mass is 32.2. The highest BCUT2D eigenvalue weighted by Gasteiger charge is 2.20. The first-order valence-electron chi connectivity index (χ1n) is 9.27. The number of nitrogens with zero attached hydrogens (tertiary/aromatic N) is 3. The SMILES string of the molecule is CN=C(NCc1ccccc1NS(C)(=O)=O)N1CCN(c2ccccc2)CC1. The van der Waals surface area contributed by atoms with Crippen LogP contribution < -0.4 is 14.9 Å². The second kappa shape index (κ2) is 8.97. The fourth-order valence-electron chi connectivity index (χ4n) is 3.30. The second-order valence-corrected chi connectivity index (χ2v) is 8.49. The minimum Gasteiger partial charge on any atom is -0.368 e. The largest absolute Gasteiger partial charge is 0.368 e. The zero-order chi connectivity index (χ0) is 20.0. The summed E-state index contributed by atoms with van der Waals surface area (Å²) in [5.74, 6) is 0.821. The maximum atomic E-state index is 11.6. The molecule has 28 heavy (non-hydrogen) atoms. The molecule has 8 heteroatoms. The predicted octanol–water partition coefficient (Wildman–Crippen LogP) is 1.96. The molecule has 3 rings (SSSR count). The molecular weight excluding hydrogens is 374 g/mol. The lowest BCUT2D eigenvalue weighted by Crippen LogP contribution is -2.52. The van der Waals surface area contributed by atoms with E-state index in [9.17, 15) is 8.42 Å². The molecule has 1 heterocycles. The van der Waals surface area contributed by atoms with Gasteiger partial charge in [0.15, 0.2) is 5.96 Å². The average Bonchev–Trinajstić information content (AvgIpc) is 2.70. The number of piperazine rings is 1. The van der Waals surface area contributed by atoms with Crippen molar-refractivity contribution in [2.24, 2.45) is 4.99 Å². The van der Waals surface area contributed by atoms with E-state index in [0.717, 1.165) is 44.0 Å². The third-order valence-corrected chi connectivity index (χ3v) is 5.25. The van der Waals surface area contributed by atoms with Crippen molar-refractivity contribution < 1.29 is 8.42 Å². The summed E-state index contributed by atoms with van der Waals surface area (Å²) in [7, 11) is -1.55. The quantitative estimate of drug-likeness (QED) is 0.592. The molecule has 0 atom stereocenters. The normalized spacial score (nSPS) is 15.4. The van der Waals surface area contributed by atoms with Crippen molar-refractivity contribution in [2.75, 3.05) is 49.1 Å². The van der Waals surface area contributed by atoms with Gasteiger partial charge in [-0.05, 0) is 23.8 Å². The van der Waals surface area contributed by atoms with E-state index in [4.69, 9.17) is 0 Å². The van der Waals surface area contributed by atoms with Gasteiger partial charge in [0, 0.05) is 45.5 Å². The monoisotopic (exact) mass is 401 g/mol. The number of aliphatic imine (C=N–C) groups is 1. The molecule has 1 fully saturated rings. The van der Waals surface area contributed by atoms with Crippen LogP contribution in [-0.4, -0.2) is 58.8 Å². The summed E-state index contributed by atoms with van der Waals surface area (Å²) in [6, 6.07) is 17.8. The van der Waals surface area contributed by atoms with Gasteiger partial charge in [0.05, 0.1) is 11.9 Å². The van der Waals surface area contributed by atoms with Crippen LogP contribution in [-0.2, 0) is 16.6 Å². The number of nitrogens with one attached hydrogen (secondary N) is 2. The van der Waals surface area contributed by atoms with Gasteiger partial charge in [0.1, 0.15) is 0 Å². The van der Waals surface area contributed by atoms with Crippen LogP contribution in [0, 0.1) is 0 Å². The van der Waals surface area contributed by atoms with Crippen LogP contribution in [0.5, 0.6) is 0 Å². The van der Waals surface area contributed by atoms with Crippen LogP contribution in [0.2, 0.25) is 0 Å². The van der Waals surface area contributed by atoms with Crippen LogP contribution >= 0.6 is 0 Å². The first-order chi connectivity index (χ1) is 13.5. The second-order valence-electron chi connectivity index (χ2n) is 6.74. The summed E-state index contributed by atoms with van der Waals surface area (Å²) < 4.78 is 25.7. The van der Waals surface area contributed by atoms with E-state index < -0.39 is 10.0 Å². The Kier molecular flexibility index (Phi) is 6.41. The molecule has 0 amide bonds. The Morgan fingerprint density at radius 3 is 2.29 bits per heavy atom. The lowest BCUT2D eigenvalue weighted by Gasteiger charge is -2.37. The van der Waals surface area contributed by atoms with Crippen molar-refractivity contribution in [3.63, 3.8) is 0 Å². The van der Waals surface area contributed by atoms with E-state index in [0.29, 0.717) is 12.2 Å². The molecule has 0 saturated carbocycles. The Morgan fingerprint density at radius 2 is 1.64 bits per heavy atom. The maximum Gasteiger partial charge on any atom is 0.229 e. The fourth-order valence-corrected chi connectivity index (χ4v) is 3.89. The molecule has 0 aromatic heterocycles. The minimum atomic E-state index is -3.32. The molecule has 2 aromatic rings. The molecule has 1 saturated heterocycles. The summed E-state index contributed by atoms with van der Waals surface area (Å²) in [6.07, 6.45) is 1.16. The van der Waals surface area contributed by atoms with E-state index in [1.165, 1.54) is 5.69 Å². The number of guanidine groups is 1. The third-order valence-electron chi connectivity index (χ3n) is 4.66. The molecule has 2 N–H and O–H groups in total. The molecule has 0 unspecified atom stereocenters. The first-order valence-corrected chi connectivity index (χ1v) is 11.2. The van der Waals surface area contributed by atoms with Gasteiger partial charge in [-0.15, -0.1) is 0 Å². The van der Waals surface area contributed by atoms with Crippen LogP contribution in [0.3, 0.4) is 0 Å². The number of benzene rings is 2. The van der Waals surface area contributed by atoms with Gasteiger partial charge in [0.25, 0.3) is 0 Å². The van der Waals surface area contributed by atoms with Gasteiger partial charge >= 0.3 is 0 Å². The summed E-state index contributed by atoms with van der Waals surface area (Å²) in [5.41, 5.74) is 2.70. The number of hydrogen-bond acceptors (Lipinski definition) is 4. The highest BCUT2D eigenvalue weighted by Crippen LogP contribution is 2.17. The Labute approximate surface area is 167 Å². The van der Waals surface area contributed by atoms with Crippen LogP contribution in [0.1, 0.15) is 5.56 Å². The smallest absolute Gasteiger partial charge is 0.229 e. The standard InChI is InChI=1S/C20H27N5O2S/c1-21-20(22-16-17-8-6-7-11-19(17)23-28(2,26)27)25-14-12-24(13-15-25)18-9-4-3-5-10-18/h3-11,23H,12-16H2,1-2H3,(H,21,22). The van der Waals surface area contributed by atoms with Crippen LogP contribution in [0.4, 0.5) is 11.4 Å². The van der Waals surface area contributed by atoms with Gasteiger partial charge in [-0.25, -0.2) is 8.42 Å². The van der Waals surface area contributed by atoms with Crippen molar-refractivity contribution in [2.45, 2.75) is 6.54 Å². The van der Waals surface area contributed by atoms with Gasteiger partial charge in [-0.2, -0.15) is 0 Å². The van der Waals surface area contributed by atoms with Crippen molar-refractivity contribution in [1.29, 1.82) is 0 Å². The van der Waals surface area contributed by atoms with E-state index >= 15 is 0 Å². The van der Waals surface area contributed by atoms with Crippen LogP contribution in [0.25, 0.3) is 0 Å². The summed E-state index contributed by atoms with van der Waals surface area (Å²) in [5, 5.41) is 3.36. The number of hydrogen-bond donors (Lipinski definition) is 2. The number of sulfonamides is 1. The predicted molar refractivity (Wildman–Crippen MR) is 115 cm³/mol. The lowest BCUT2D eigenvalue weighted by atomic mass is 10.2. The summed E-state index contributed by atoms with van der Waals surface area (Å²) in [4.78, 5) is 9.00. The topological polar surface area (TPSA) is 77.0 Å². The summed E-state index contributed by atoms with van der Waals surface area (Å²) >= 11 is 0. The molecule has 1 aliphatic heterocycles. The van der Waals surface area contributed by atoms with Crippen molar-refractivity contribution in [1.82, 2.24) is 10.2 Å². The van der Waals surface area contributed by atoms with E-state index in [1.807, 2.05) is 24.3 Å². The molecule has 7 nitrogen and oxygen atoms in total. The van der Waals surface area contributed by atoms with Crippen molar-refractivity contribution >= 4 is 27.4 Å². The number of para-hydroxylation sites is 2. The lowest BCUT2D eigenvalue weighted by molar-refractivity contribution is 0.372. The highest BCUT2D eigenvalue weighted by molar-refractivity contribution is 7.92. The third kappa shape index (κ3) is 5.39. The van der Waals surface area contributed by atoms with Crippen LogP contribution in [0.15, 0.2) is 59.6 Å². The summed E-state index contributed by atoms with van der Waals surface area (Å²) in [6.45, 7) is 4.09. The molecule has 0 radical (unpaired) electrons. The zero-order valence-electron chi connectivity index (χ0n) is 16.3. The molecule has 150 valence electrons. The Hall–Kier alpha value is -2.74. The molecule has 2 aromatic carbocycles. The Balaban J connectivity index is 1.59. The van der Waals surface area contributed by atoms with Gasteiger partial charge in [-0.1, -0.05) is 36.4 Å². The number of rotatable bonds is 5. The minimum absolute atomic E-state index is 0.490. The van der Waals surface area contributed by atoms with E-state index in [-0.39, 0.29) is 0 Å². The fraction of sp³-hybridized carbons (Fsp3) is 0.350.